The average Bonchev–Trinajstić information content (AvgIpc) is 3.17. The fraction of sp³-hybridized carbons (Fsp3) is 0.192. The van der Waals surface area contributed by atoms with Gasteiger partial charge in [0.2, 0.25) is 5.55 Å². The number of fused-ring (bicyclic) bond motifs is 2. The maximum atomic E-state index is 13.2. The monoisotopic (exact) mass is 439 g/mol. The van der Waals surface area contributed by atoms with Crippen molar-refractivity contribution in [2.45, 2.75) is 32.6 Å². The number of hydrogen-bond donors (Lipinski definition) is 1. The average molecular weight is 440 g/mol. The second-order valence-electron chi connectivity index (χ2n) is 7.94. The Morgan fingerprint density at radius 1 is 1.12 bits per heavy atom. The maximum Gasteiger partial charge on any atom is 0.261 e. The number of nitriles is 1. The van der Waals surface area contributed by atoms with Crippen molar-refractivity contribution >= 4 is 38.9 Å². The van der Waals surface area contributed by atoms with E-state index in [1.54, 1.807) is 6.07 Å². The third kappa shape index (κ3) is 3.83. The first kappa shape index (κ1) is 20.2. The minimum atomic E-state index is -0.304. The highest BCUT2D eigenvalue weighted by molar-refractivity contribution is 7.16. The lowest BCUT2D eigenvalue weighted by atomic mass is 9.96. The number of nitrogens with zero attached hydrogens (tertiary/aromatic N) is 2. The molecule has 0 atom stereocenters. The predicted octanol–water partition coefficient (Wildman–Crippen LogP) is 6.04. The first-order chi connectivity index (χ1) is 15.6. The lowest BCUT2D eigenvalue weighted by molar-refractivity contribution is 0.102. The fourth-order valence-corrected chi connectivity index (χ4v) is 5.19. The Balaban J connectivity index is 1.65. The van der Waals surface area contributed by atoms with Gasteiger partial charge < -0.3 is 9.73 Å². The molecular weight excluding hydrogens is 418 g/mol. The quantitative estimate of drug-likeness (QED) is 0.423. The normalized spacial score (nSPS) is 13.6. The molecule has 0 saturated heterocycles. The number of amides is 1. The third-order valence-electron chi connectivity index (χ3n) is 5.68. The molecule has 1 amide bonds. The zero-order chi connectivity index (χ0) is 22.1. The Labute approximate surface area is 189 Å². The number of hydrogen-bond acceptors (Lipinski definition) is 5. The van der Waals surface area contributed by atoms with Gasteiger partial charge in [-0.2, -0.15) is 5.26 Å². The molecule has 4 aromatic rings. The van der Waals surface area contributed by atoms with Crippen LogP contribution in [-0.2, 0) is 12.8 Å². The molecule has 1 N–H and O–H groups in total. The minimum absolute atomic E-state index is 0.211. The summed E-state index contributed by atoms with van der Waals surface area (Å²) in [6.45, 7) is 2.00. The molecule has 2 aromatic carbocycles. The van der Waals surface area contributed by atoms with E-state index in [1.807, 2.05) is 55.5 Å². The highest BCUT2D eigenvalue weighted by atomic mass is 32.1. The molecule has 32 heavy (non-hydrogen) atoms. The van der Waals surface area contributed by atoms with E-state index in [2.05, 4.69) is 11.4 Å². The van der Waals surface area contributed by atoms with Crippen LogP contribution < -0.4 is 10.9 Å². The van der Waals surface area contributed by atoms with Crippen molar-refractivity contribution in [2.24, 2.45) is 4.99 Å². The van der Waals surface area contributed by atoms with Crippen LogP contribution in [0.25, 0.3) is 11.0 Å². The molecule has 0 aliphatic heterocycles. The summed E-state index contributed by atoms with van der Waals surface area (Å²) in [5, 5.41) is 14.2. The van der Waals surface area contributed by atoms with Gasteiger partial charge in [-0.1, -0.05) is 35.9 Å². The largest absolute Gasteiger partial charge is 0.437 e. The number of anilines is 1. The standard InChI is InChI=1S/C26H21N3O2S/c1-16-10-12-18(13-11-16)28-24(30)20-14-17-6-2-4-8-22(17)31-25(20)29-26-21(15-27)19-7-3-5-9-23(19)32-26/h2,4,6,8,10-14H,3,5,7,9H2,1H3,(H,28,30)/b29-25-. The van der Waals surface area contributed by atoms with E-state index in [9.17, 15) is 10.1 Å². The number of aryl methyl sites for hydroxylation is 2. The Kier molecular flexibility index (Phi) is 5.34. The second-order valence-corrected chi connectivity index (χ2v) is 9.02. The van der Waals surface area contributed by atoms with Crippen LogP contribution in [0, 0.1) is 18.3 Å². The van der Waals surface area contributed by atoms with Crippen molar-refractivity contribution in [3.63, 3.8) is 0 Å². The molecule has 0 spiro atoms. The molecule has 1 aliphatic rings. The van der Waals surface area contributed by atoms with Crippen molar-refractivity contribution in [1.82, 2.24) is 0 Å². The van der Waals surface area contributed by atoms with Crippen LogP contribution >= 0.6 is 11.3 Å². The second kappa shape index (κ2) is 8.45. The van der Waals surface area contributed by atoms with Gasteiger partial charge in [-0.05, 0) is 62.4 Å². The van der Waals surface area contributed by atoms with Gasteiger partial charge in [0.15, 0.2) is 0 Å². The maximum absolute atomic E-state index is 13.2. The first-order valence-electron chi connectivity index (χ1n) is 10.6. The van der Waals surface area contributed by atoms with Crippen molar-refractivity contribution in [2.75, 3.05) is 5.32 Å². The molecule has 0 bridgehead atoms. The van der Waals surface area contributed by atoms with E-state index in [-0.39, 0.29) is 11.5 Å². The topological polar surface area (TPSA) is 78.4 Å². The molecule has 0 unspecified atom stereocenters. The van der Waals surface area contributed by atoms with Gasteiger partial charge in [0.25, 0.3) is 5.91 Å². The summed E-state index contributed by atoms with van der Waals surface area (Å²) >= 11 is 1.53. The van der Waals surface area contributed by atoms with Crippen molar-refractivity contribution < 1.29 is 9.21 Å². The van der Waals surface area contributed by atoms with E-state index in [1.165, 1.54) is 16.2 Å². The van der Waals surface area contributed by atoms with Crippen LogP contribution in [0.3, 0.4) is 0 Å². The van der Waals surface area contributed by atoms with Crippen LogP contribution in [0.15, 0.2) is 64.0 Å². The number of rotatable bonds is 3. The van der Waals surface area contributed by atoms with Crippen LogP contribution in [0.4, 0.5) is 10.7 Å². The molecule has 0 radical (unpaired) electrons. The van der Waals surface area contributed by atoms with Gasteiger partial charge >= 0.3 is 0 Å². The molecule has 5 nitrogen and oxygen atoms in total. The van der Waals surface area contributed by atoms with E-state index < -0.39 is 0 Å². The Hall–Kier alpha value is -3.69. The summed E-state index contributed by atoms with van der Waals surface area (Å²) < 4.78 is 6.08. The number of benzene rings is 2. The molecule has 1 aliphatic carbocycles. The summed E-state index contributed by atoms with van der Waals surface area (Å²) in [5.41, 5.74) is 4.71. The lowest BCUT2D eigenvalue weighted by Crippen LogP contribution is -2.21. The highest BCUT2D eigenvalue weighted by Gasteiger charge is 2.21. The molecule has 158 valence electrons. The van der Waals surface area contributed by atoms with Crippen LogP contribution in [-0.4, -0.2) is 5.91 Å². The number of nitrogens with one attached hydrogen (secondary N) is 1. The number of para-hydroxylation sites is 1. The summed E-state index contributed by atoms with van der Waals surface area (Å²) in [5.74, 6) is -0.304. The molecule has 2 heterocycles. The van der Waals surface area contributed by atoms with Crippen molar-refractivity contribution in [3.8, 4) is 6.07 Å². The zero-order valence-electron chi connectivity index (χ0n) is 17.6. The summed E-state index contributed by atoms with van der Waals surface area (Å²) in [4.78, 5) is 19.1. The Morgan fingerprint density at radius 3 is 2.72 bits per heavy atom. The Bertz CT molecular complexity index is 1440. The number of thiophene rings is 1. The SMILES string of the molecule is Cc1ccc(NC(=O)c2cc3ccccc3o/c2=N\c2sc3c(c2C#N)CCCC3)cc1. The number of carbonyl (C=O) groups is 1. The minimum Gasteiger partial charge on any atom is -0.437 e. The Morgan fingerprint density at radius 2 is 1.91 bits per heavy atom. The van der Waals surface area contributed by atoms with E-state index in [0.29, 0.717) is 27.4 Å². The fourth-order valence-electron chi connectivity index (χ4n) is 3.99. The highest BCUT2D eigenvalue weighted by Crippen LogP contribution is 2.39. The molecule has 0 saturated carbocycles. The van der Waals surface area contributed by atoms with Gasteiger partial charge in [-0.25, -0.2) is 4.99 Å². The summed E-state index contributed by atoms with van der Waals surface area (Å²) in [6.07, 6.45) is 4.09. The predicted molar refractivity (Wildman–Crippen MR) is 126 cm³/mol. The van der Waals surface area contributed by atoms with Crippen LogP contribution in [0.5, 0.6) is 0 Å². The summed E-state index contributed by atoms with van der Waals surface area (Å²) in [6, 6.07) is 19.3. The van der Waals surface area contributed by atoms with Gasteiger partial charge in [-0.15, -0.1) is 11.3 Å². The van der Waals surface area contributed by atoms with E-state index in [4.69, 9.17) is 9.41 Å². The number of carbonyl (C=O) groups excluding carboxylic acids is 1. The van der Waals surface area contributed by atoms with E-state index in [0.717, 1.165) is 42.2 Å². The van der Waals surface area contributed by atoms with Gasteiger partial charge in [0.1, 0.15) is 22.2 Å². The molecular formula is C26H21N3O2S. The van der Waals surface area contributed by atoms with Gasteiger partial charge in [0, 0.05) is 16.0 Å². The van der Waals surface area contributed by atoms with Gasteiger partial charge in [-0.3, -0.25) is 4.79 Å². The van der Waals surface area contributed by atoms with Crippen molar-refractivity contribution in [3.05, 3.63) is 87.3 Å². The third-order valence-corrected chi connectivity index (χ3v) is 6.86. The smallest absolute Gasteiger partial charge is 0.261 e. The molecule has 2 aromatic heterocycles. The van der Waals surface area contributed by atoms with Crippen LogP contribution in [0.1, 0.15) is 44.8 Å². The molecule has 5 rings (SSSR count). The zero-order valence-corrected chi connectivity index (χ0v) is 18.5. The van der Waals surface area contributed by atoms with E-state index >= 15 is 0 Å². The molecule has 0 fully saturated rings. The first-order valence-corrected chi connectivity index (χ1v) is 11.4. The van der Waals surface area contributed by atoms with Gasteiger partial charge in [0.05, 0.1) is 5.56 Å². The summed E-state index contributed by atoms with van der Waals surface area (Å²) in [7, 11) is 0. The van der Waals surface area contributed by atoms with Crippen molar-refractivity contribution in [1.29, 1.82) is 5.26 Å². The lowest BCUT2D eigenvalue weighted by Gasteiger charge is -2.09. The van der Waals surface area contributed by atoms with Crippen LogP contribution in [0.2, 0.25) is 0 Å². The molecule has 6 heteroatoms.